The van der Waals surface area contributed by atoms with E-state index in [1.807, 2.05) is 0 Å². The quantitative estimate of drug-likeness (QED) is 0.0311. The summed E-state index contributed by atoms with van der Waals surface area (Å²) in [6.07, 6.45) is 52.5. The fourth-order valence-corrected chi connectivity index (χ4v) is 8.17. The highest BCUT2D eigenvalue weighted by Crippen LogP contribution is 2.17. The lowest BCUT2D eigenvalue weighted by Gasteiger charge is -2.27. The minimum Gasteiger partial charge on any atom is -0.394 e. The van der Waals surface area contributed by atoms with E-state index in [1.165, 1.54) is 205 Å². The number of aliphatic hydroxyl groups excluding tert-OH is 4. The number of carbonyl (C=O) groups excluding carboxylic acids is 1. The maximum absolute atomic E-state index is 12.6. The second-order valence-electron chi connectivity index (χ2n) is 17.9. The molecule has 0 aromatic rings. The second kappa shape index (κ2) is 46.1. The smallest absolute Gasteiger partial charge is 0.249 e. The Balaban J connectivity index is 3.66. The van der Waals surface area contributed by atoms with E-state index in [0.29, 0.717) is 12.8 Å². The zero-order chi connectivity index (χ0) is 41.7. The molecule has 0 spiro atoms. The van der Waals surface area contributed by atoms with Gasteiger partial charge in [0.1, 0.15) is 12.2 Å². The Morgan fingerprint density at radius 2 is 0.702 bits per heavy atom. The fourth-order valence-electron chi connectivity index (χ4n) is 8.17. The highest BCUT2D eigenvalue weighted by Gasteiger charge is 2.28. The van der Waals surface area contributed by atoms with E-state index >= 15 is 0 Å². The molecule has 0 saturated carbocycles. The molecule has 1 amide bonds. The topological polar surface area (TPSA) is 110 Å². The van der Waals surface area contributed by atoms with Crippen LogP contribution >= 0.6 is 0 Å². The summed E-state index contributed by atoms with van der Waals surface area (Å²) >= 11 is 0. The van der Waals surface area contributed by atoms with Crippen LogP contribution in [0.4, 0.5) is 0 Å². The van der Waals surface area contributed by atoms with Crippen molar-refractivity contribution in [3.05, 3.63) is 12.2 Å². The molecule has 6 nitrogen and oxygen atoms in total. The lowest BCUT2D eigenvalue weighted by molar-refractivity contribution is -0.132. The molecule has 4 unspecified atom stereocenters. The van der Waals surface area contributed by atoms with Crippen molar-refractivity contribution in [1.29, 1.82) is 0 Å². The van der Waals surface area contributed by atoms with E-state index in [0.717, 1.165) is 44.9 Å². The van der Waals surface area contributed by atoms with Gasteiger partial charge >= 0.3 is 0 Å². The van der Waals surface area contributed by atoms with Crippen LogP contribution in [-0.4, -0.2) is 57.3 Å². The number of rotatable bonds is 47. The lowest BCUT2D eigenvalue weighted by atomic mass is 9.99. The molecule has 5 N–H and O–H groups in total. The van der Waals surface area contributed by atoms with Crippen LogP contribution in [0.2, 0.25) is 0 Å². The van der Waals surface area contributed by atoms with Crippen molar-refractivity contribution in [3.63, 3.8) is 0 Å². The third kappa shape index (κ3) is 40.2. The van der Waals surface area contributed by atoms with E-state index in [1.54, 1.807) is 0 Å². The summed E-state index contributed by atoms with van der Waals surface area (Å²) in [4.78, 5) is 12.6. The number of carbonyl (C=O) groups is 1. The highest BCUT2D eigenvalue weighted by atomic mass is 16.3. The second-order valence-corrected chi connectivity index (χ2v) is 17.9. The van der Waals surface area contributed by atoms with Crippen molar-refractivity contribution in [1.82, 2.24) is 5.32 Å². The Labute approximate surface area is 355 Å². The summed E-state index contributed by atoms with van der Waals surface area (Å²) in [7, 11) is 0. The van der Waals surface area contributed by atoms with E-state index in [-0.39, 0.29) is 0 Å². The third-order valence-electron chi connectivity index (χ3n) is 12.2. The van der Waals surface area contributed by atoms with Crippen LogP contribution in [0.3, 0.4) is 0 Å². The Kier molecular flexibility index (Phi) is 45.4. The van der Waals surface area contributed by atoms with Crippen LogP contribution in [0.1, 0.15) is 277 Å². The first-order chi connectivity index (χ1) is 28.0. The number of amides is 1. The van der Waals surface area contributed by atoms with Gasteiger partial charge in [0.2, 0.25) is 5.91 Å². The summed E-state index contributed by atoms with van der Waals surface area (Å²) < 4.78 is 0. The molecule has 340 valence electrons. The molecule has 4 atom stereocenters. The van der Waals surface area contributed by atoms with E-state index in [9.17, 15) is 25.2 Å². The Morgan fingerprint density at radius 3 is 1.02 bits per heavy atom. The summed E-state index contributed by atoms with van der Waals surface area (Å²) in [5.74, 6) is -0.584. The molecule has 0 aliphatic carbocycles. The molecule has 0 rings (SSSR count). The van der Waals surface area contributed by atoms with Crippen LogP contribution in [0.25, 0.3) is 0 Å². The van der Waals surface area contributed by atoms with Gasteiger partial charge in [-0.05, 0) is 38.5 Å². The van der Waals surface area contributed by atoms with E-state index in [4.69, 9.17) is 0 Å². The number of hydrogen-bond donors (Lipinski definition) is 5. The van der Waals surface area contributed by atoms with Gasteiger partial charge in [-0.1, -0.05) is 251 Å². The normalized spacial score (nSPS) is 14.0. The van der Waals surface area contributed by atoms with Gasteiger partial charge < -0.3 is 25.7 Å². The molecule has 0 aliphatic heterocycles. The predicted molar refractivity (Wildman–Crippen MR) is 247 cm³/mol. The lowest BCUT2D eigenvalue weighted by Crippen LogP contribution is -2.53. The standard InChI is InChI=1S/C51H101NO5/c1-3-5-7-9-11-13-15-17-19-21-23-25-27-28-30-32-34-36-38-40-42-44-48(54)50(56)47(46-53)52-51(57)49(55)45-43-41-39-37-35-33-31-29-26-24-22-20-18-16-14-12-10-8-6-4-2/h26,29,47-50,53-56H,3-25,27-28,30-46H2,1-2H3,(H,52,57)/b29-26-. The van der Waals surface area contributed by atoms with Gasteiger partial charge in [0, 0.05) is 0 Å². The predicted octanol–water partition coefficient (Wildman–Crippen LogP) is 14.1. The van der Waals surface area contributed by atoms with Crippen molar-refractivity contribution >= 4 is 5.91 Å². The van der Waals surface area contributed by atoms with E-state index < -0.39 is 36.9 Å². The molecule has 0 aromatic heterocycles. The maximum atomic E-state index is 12.6. The van der Waals surface area contributed by atoms with Gasteiger partial charge in [0.15, 0.2) is 0 Å². The van der Waals surface area contributed by atoms with Crippen molar-refractivity contribution < 1.29 is 25.2 Å². The molecule has 0 aliphatic rings. The molecule has 0 bridgehead atoms. The molecule has 0 heterocycles. The van der Waals surface area contributed by atoms with Crippen molar-refractivity contribution in [2.45, 2.75) is 301 Å². The first-order valence-corrected chi connectivity index (χ1v) is 25.6. The molecule has 0 saturated heterocycles. The molecular formula is C51H101NO5. The zero-order valence-corrected chi connectivity index (χ0v) is 38.4. The molecule has 0 radical (unpaired) electrons. The Morgan fingerprint density at radius 1 is 0.421 bits per heavy atom. The summed E-state index contributed by atoms with van der Waals surface area (Å²) in [5, 5.41) is 43.9. The molecular weight excluding hydrogens is 707 g/mol. The van der Waals surface area contributed by atoms with Crippen molar-refractivity contribution in [2.75, 3.05) is 6.61 Å². The first kappa shape index (κ1) is 56.0. The molecule has 0 aromatic carbocycles. The van der Waals surface area contributed by atoms with Gasteiger partial charge in [0.05, 0.1) is 18.8 Å². The average molecular weight is 808 g/mol. The third-order valence-corrected chi connectivity index (χ3v) is 12.2. The van der Waals surface area contributed by atoms with Gasteiger partial charge in [-0.15, -0.1) is 0 Å². The van der Waals surface area contributed by atoms with Crippen molar-refractivity contribution in [2.24, 2.45) is 0 Å². The largest absolute Gasteiger partial charge is 0.394 e. The SMILES string of the molecule is CCCCCCCCCCCC/C=C\CCCCCCCCC(O)C(=O)NC(CO)C(O)C(O)CCCCCCCCCCCCCCCCCCCCCCC. The zero-order valence-electron chi connectivity index (χ0n) is 38.4. The van der Waals surface area contributed by atoms with Crippen LogP contribution in [0.5, 0.6) is 0 Å². The number of allylic oxidation sites excluding steroid dienone is 2. The molecule has 0 fully saturated rings. The number of hydrogen-bond acceptors (Lipinski definition) is 5. The van der Waals surface area contributed by atoms with Crippen LogP contribution in [0.15, 0.2) is 12.2 Å². The molecule has 6 heteroatoms. The Hall–Kier alpha value is -0.950. The molecule has 57 heavy (non-hydrogen) atoms. The van der Waals surface area contributed by atoms with Crippen LogP contribution < -0.4 is 5.32 Å². The van der Waals surface area contributed by atoms with Gasteiger partial charge in [0.25, 0.3) is 0 Å². The fraction of sp³-hybridized carbons (Fsp3) is 0.941. The first-order valence-electron chi connectivity index (χ1n) is 25.6. The summed E-state index contributed by atoms with van der Waals surface area (Å²) in [6.45, 7) is 4.08. The minimum absolute atomic E-state index is 0.365. The Bertz CT molecular complexity index is 821. The van der Waals surface area contributed by atoms with Crippen LogP contribution in [-0.2, 0) is 4.79 Å². The average Bonchev–Trinajstić information content (AvgIpc) is 3.22. The van der Waals surface area contributed by atoms with Gasteiger partial charge in [-0.2, -0.15) is 0 Å². The number of aliphatic hydroxyl groups is 4. The van der Waals surface area contributed by atoms with Crippen LogP contribution in [0, 0.1) is 0 Å². The van der Waals surface area contributed by atoms with Gasteiger partial charge in [-0.3, -0.25) is 4.79 Å². The number of nitrogens with one attached hydrogen (secondary N) is 1. The van der Waals surface area contributed by atoms with Gasteiger partial charge in [-0.25, -0.2) is 0 Å². The maximum Gasteiger partial charge on any atom is 0.249 e. The minimum atomic E-state index is -1.26. The number of unbranched alkanes of at least 4 members (excludes halogenated alkanes) is 36. The van der Waals surface area contributed by atoms with E-state index in [2.05, 4.69) is 31.3 Å². The highest BCUT2D eigenvalue weighted by molar-refractivity contribution is 5.80. The monoisotopic (exact) mass is 808 g/mol. The van der Waals surface area contributed by atoms with Crippen molar-refractivity contribution in [3.8, 4) is 0 Å². The summed E-state index contributed by atoms with van der Waals surface area (Å²) in [5.41, 5.74) is 0. The summed E-state index contributed by atoms with van der Waals surface area (Å²) in [6, 6.07) is -0.985.